The van der Waals surface area contributed by atoms with Crippen molar-refractivity contribution >= 4 is 26.7 Å². The minimum absolute atomic E-state index is 0.366. The third-order valence-electron chi connectivity index (χ3n) is 3.85. The van der Waals surface area contributed by atoms with E-state index in [1.165, 1.54) is 0 Å². The quantitative estimate of drug-likeness (QED) is 0.498. The number of benzene rings is 2. The Balaban J connectivity index is 1.56. The van der Waals surface area contributed by atoms with Gasteiger partial charge in [-0.15, -0.1) is 0 Å². The molecule has 0 atom stereocenters. The number of allylic oxidation sites excluding steroid dienone is 1. The molecule has 0 unspecified atom stereocenters. The largest absolute Gasteiger partial charge is 0.459 e. The van der Waals surface area contributed by atoms with Gasteiger partial charge < -0.3 is 10.1 Å². The molecule has 0 saturated heterocycles. The number of aromatic nitrogens is 3. The van der Waals surface area contributed by atoms with Crippen molar-refractivity contribution in [3.63, 3.8) is 0 Å². The van der Waals surface area contributed by atoms with Crippen LogP contribution in [0.3, 0.4) is 0 Å². The van der Waals surface area contributed by atoms with Crippen LogP contribution >= 0.6 is 11.3 Å². The second kappa shape index (κ2) is 7.55. The Hall–Kier alpha value is -3.25. The molecule has 0 aliphatic rings. The third kappa shape index (κ3) is 4.12. The summed E-state index contributed by atoms with van der Waals surface area (Å²) in [6, 6.07) is 18.3. The van der Waals surface area contributed by atoms with Crippen molar-refractivity contribution < 1.29 is 4.74 Å². The van der Waals surface area contributed by atoms with Gasteiger partial charge in [0.1, 0.15) is 6.61 Å². The topological polar surface area (TPSA) is 59.9 Å². The lowest BCUT2D eigenvalue weighted by Gasteiger charge is -2.06. The first-order valence-electron chi connectivity index (χ1n) is 8.51. The average molecular weight is 374 g/mol. The summed E-state index contributed by atoms with van der Waals surface area (Å²) in [5, 5.41) is 4.00. The zero-order valence-corrected chi connectivity index (χ0v) is 15.7. The van der Waals surface area contributed by atoms with Gasteiger partial charge in [-0.05, 0) is 30.7 Å². The standard InChI is InChI=1S/C21H18N4OS/c1-14(2)23-21-25-18-9-8-16(12-19(18)27-21)17-10-11-22-20(24-17)26-13-15-6-4-3-5-7-15/h3-12H,1,13H2,2H3,(H,23,25). The number of nitrogens with one attached hydrogen (secondary N) is 1. The lowest BCUT2D eigenvalue weighted by Crippen LogP contribution is -1.99. The number of hydrogen-bond donors (Lipinski definition) is 1. The molecule has 0 bridgehead atoms. The summed E-state index contributed by atoms with van der Waals surface area (Å²) in [5.74, 6) is 0. The normalized spacial score (nSPS) is 10.7. The van der Waals surface area contributed by atoms with E-state index >= 15 is 0 Å². The molecule has 0 amide bonds. The number of thiazole rings is 1. The summed E-state index contributed by atoms with van der Waals surface area (Å²) in [6.45, 7) is 6.21. The fourth-order valence-corrected chi connectivity index (χ4v) is 3.59. The van der Waals surface area contributed by atoms with Crippen molar-refractivity contribution in [2.75, 3.05) is 5.32 Å². The third-order valence-corrected chi connectivity index (χ3v) is 4.78. The summed E-state index contributed by atoms with van der Waals surface area (Å²) < 4.78 is 6.82. The van der Waals surface area contributed by atoms with E-state index in [1.54, 1.807) is 17.5 Å². The first-order chi connectivity index (χ1) is 13.2. The van der Waals surface area contributed by atoms with Gasteiger partial charge >= 0.3 is 6.01 Å². The maximum Gasteiger partial charge on any atom is 0.317 e. The molecule has 0 saturated carbocycles. The van der Waals surface area contributed by atoms with Crippen LogP contribution in [-0.4, -0.2) is 15.0 Å². The van der Waals surface area contributed by atoms with E-state index in [2.05, 4.69) is 32.9 Å². The smallest absolute Gasteiger partial charge is 0.317 e. The summed E-state index contributed by atoms with van der Waals surface area (Å²) in [7, 11) is 0. The molecule has 6 heteroatoms. The van der Waals surface area contributed by atoms with E-state index in [0.717, 1.165) is 37.9 Å². The number of nitrogens with zero attached hydrogens (tertiary/aromatic N) is 3. The van der Waals surface area contributed by atoms with E-state index in [-0.39, 0.29) is 0 Å². The first-order valence-corrected chi connectivity index (χ1v) is 9.32. The van der Waals surface area contributed by atoms with E-state index in [9.17, 15) is 0 Å². The van der Waals surface area contributed by atoms with Crippen molar-refractivity contribution in [1.82, 2.24) is 15.0 Å². The summed E-state index contributed by atoms with van der Waals surface area (Å²) in [5.41, 5.74) is 4.71. The number of rotatable bonds is 6. The predicted octanol–water partition coefficient (Wildman–Crippen LogP) is 5.28. The van der Waals surface area contributed by atoms with Crippen LogP contribution in [0.15, 0.2) is 73.1 Å². The molecule has 0 fully saturated rings. The van der Waals surface area contributed by atoms with Crippen LogP contribution in [0.1, 0.15) is 12.5 Å². The highest BCUT2D eigenvalue weighted by atomic mass is 32.1. The maximum absolute atomic E-state index is 5.74. The van der Waals surface area contributed by atoms with E-state index in [0.29, 0.717) is 12.6 Å². The fraction of sp³-hybridized carbons (Fsp3) is 0.0952. The molecule has 1 N–H and O–H groups in total. The minimum Gasteiger partial charge on any atom is -0.459 e. The van der Waals surface area contributed by atoms with E-state index in [4.69, 9.17) is 4.74 Å². The minimum atomic E-state index is 0.366. The van der Waals surface area contributed by atoms with Crippen LogP contribution in [0.4, 0.5) is 5.13 Å². The highest BCUT2D eigenvalue weighted by Gasteiger charge is 2.08. The van der Waals surface area contributed by atoms with E-state index in [1.807, 2.05) is 55.5 Å². The van der Waals surface area contributed by atoms with Gasteiger partial charge in [-0.2, -0.15) is 4.98 Å². The molecule has 2 aromatic heterocycles. The van der Waals surface area contributed by atoms with Crippen molar-refractivity contribution in [2.45, 2.75) is 13.5 Å². The lowest BCUT2D eigenvalue weighted by atomic mass is 10.1. The molecule has 0 radical (unpaired) electrons. The van der Waals surface area contributed by atoms with Gasteiger partial charge in [-0.1, -0.05) is 54.3 Å². The molecule has 4 aromatic rings. The van der Waals surface area contributed by atoms with Crippen LogP contribution in [0.5, 0.6) is 6.01 Å². The van der Waals surface area contributed by atoms with Crippen molar-refractivity contribution in [2.24, 2.45) is 0 Å². The van der Waals surface area contributed by atoms with Gasteiger partial charge in [0.15, 0.2) is 5.13 Å². The van der Waals surface area contributed by atoms with E-state index < -0.39 is 0 Å². The number of anilines is 1. The molecule has 27 heavy (non-hydrogen) atoms. The molecular weight excluding hydrogens is 356 g/mol. The molecular formula is C21H18N4OS. The maximum atomic E-state index is 5.74. The summed E-state index contributed by atoms with van der Waals surface area (Å²) in [6.07, 6.45) is 1.72. The first kappa shape index (κ1) is 17.2. The molecule has 4 rings (SSSR count). The number of ether oxygens (including phenoxy) is 1. The second-order valence-electron chi connectivity index (χ2n) is 6.11. The van der Waals surface area contributed by atoms with Gasteiger partial charge in [-0.3, -0.25) is 0 Å². The predicted molar refractivity (Wildman–Crippen MR) is 110 cm³/mol. The van der Waals surface area contributed by atoms with Gasteiger partial charge in [0.25, 0.3) is 0 Å². The van der Waals surface area contributed by atoms with Crippen LogP contribution < -0.4 is 10.1 Å². The second-order valence-corrected chi connectivity index (χ2v) is 7.14. The zero-order chi connectivity index (χ0) is 18.6. The average Bonchev–Trinajstić information content (AvgIpc) is 3.08. The van der Waals surface area contributed by atoms with Crippen molar-refractivity contribution in [1.29, 1.82) is 0 Å². The molecule has 2 heterocycles. The fourth-order valence-electron chi connectivity index (χ4n) is 2.61. The zero-order valence-electron chi connectivity index (χ0n) is 14.8. The number of fused-ring (bicyclic) bond motifs is 1. The van der Waals surface area contributed by atoms with Gasteiger partial charge in [0.05, 0.1) is 15.9 Å². The van der Waals surface area contributed by atoms with Gasteiger partial charge in [0, 0.05) is 17.5 Å². The highest BCUT2D eigenvalue weighted by Crippen LogP contribution is 2.30. The Morgan fingerprint density at radius 2 is 1.96 bits per heavy atom. The van der Waals surface area contributed by atoms with Crippen molar-refractivity contribution in [3.05, 3.63) is 78.6 Å². The molecule has 0 spiro atoms. The molecule has 134 valence electrons. The molecule has 0 aliphatic heterocycles. The Kier molecular flexibility index (Phi) is 4.80. The number of hydrogen-bond acceptors (Lipinski definition) is 6. The van der Waals surface area contributed by atoms with Crippen LogP contribution in [0, 0.1) is 0 Å². The van der Waals surface area contributed by atoms with Crippen LogP contribution in [-0.2, 0) is 6.61 Å². The highest BCUT2D eigenvalue weighted by molar-refractivity contribution is 7.22. The van der Waals surface area contributed by atoms with Gasteiger partial charge in [-0.25, -0.2) is 9.97 Å². The monoisotopic (exact) mass is 374 g/mol. The Bertz CT molecular complexity index is 1090. The lowest BCUT2D eigenvalue weighted by molar-refractivity contribution is 0.281. The molecule has 0 aliphatic carbocycles. The Morgan fingerprint density at radius 1 is 1.11 bits per heavy atom. The summed E-state index contributed by atoms with van der Waals surface area (Å²) >= 11 is 1.59. The van der Waals surface area contributed by atoms with Crippen LogP contribution in [0.25, 0.3) is 21.5 Å². The Labute approximate surface area is 161 Å². The SMILES string of the molecule is C=C(C)Nc1nc2ccc(-c3ccnc(OCc4ccccc4)n3)cc2s1. The Morgan fingerprint density at radius 3 is 2.78 bits per heavy atom. The van der Waals surface area contributed by atoms with Crippen molar-refractivity contribution in [3.8, 4) is 17.3 Å². The molecule has 5 nitrogen and oxygen atoms in total. The summed E-state index contributed by atoms with van der Waals surface area (Å²) in [4.78, 5) is 13.3. The molecule has 2 aromatic carbocycles. The van der Waals surface area contributed by atoms with Crippen LogP contribution in [0.2, 0.25) is 0 Å². The van der Waals surface area contributed by atoms with Gasteiger partial charge in [0.2, 0.25) is 0 Å².